The molecule has 2 heterocycles. The minimum Gasteiger partial charge on any atom is -0.497 e. The van der Waals surface area contributed by atoms with Crippen molar-refractivity contribution >= 4 is 0 Å². The van der Waals surface area contributed by atoms with Gasteiger partial charge in [0.15, 0.2) is 6.29 Å². The number of hydrogen-bond donors (Lipinski definition) is 3. The first kappa shape index (κ1) is 34.9. The van der Waals surface area contributed by atoms with E-state index in [9.17, 15) is 15.3 Å². The lowest BCUT2D eigenvalue weighted by Gasteiger charge is -2.47. The van der Waals surface area contributed by atoms with Crippen LogP contribution in [0.25, 0.3) is 0 Å². The van der Waals surface area contributed by atoms with Gasteiger partial charge in [0.25, 0.3) is 0 Å². The number of aliphatic hydroxyl groups is 3. The average Bonchev–Trinajstić information content (AvgIpc) is 3.01. The van der Waals surface area contributed by atoms with Crippen molar-refractivity contribution in [2.45, 2.75) is 61.4 Å². The number of hydrogen-bond acceptors (Lipinski definition) is 12. The monoisotopic (exact) mass is 608 g/mol. The summed E-state index contributed by atoms with van der Waals surface area (Å²) in [4.78, 5) is 0. The summed E-state index contributed by atoms with van der Waals surface area (Å²) in [7, 11) is 1.55. The molecule has 0 amide bonds. The highest BCUT2D eigenvalue weighted by Crippen LogP contribution is 2.33. The molecule has 3 N–H and O–H groups in total. The van der Waals surface area contributed by atoms with Crippen molar-refractivity contribution in [2.24, 2.45) is 0 Å². The molecule has 0 aliphatic carbocycles. The molecule has 1 aromatic carbocycles. The van der Waals surface area contributed by atoms with E-state index in [4.69, 9.17) is 42.6 Å². The van der Waals surface area contributed by atoms with Gasteiger partial charge in [0, 0.05) is 0 Å². The van der Waals surface area contributed by atoms with Crippen LogP contribution in [0.1, 0.15) is 0 Å². The van der Waals surface area contributed by atoms with Crippen molar-refractivity contribution in [1.29, 1.82) is 0 Å². The Kier molecular flexibility index (Phi) is 14.8. The molecule has 12 heteroatoms. The minimum atomic E-state index is -1.44. The van der Waals surface area contributed by atoms with Crippen LogP contribution in [0.3, 0.4) is 0 Å². The summed E-state index contributed by atoms with van der Waals surface area (Å²) >= 11 is 0. The third-order valence-corrected chi connectivity index (χ3v) is 6.71. The standard InChI is InChI=1S/C31H44O12/c1-6-14-36-18-22-24(32)28(38-16-8-3)25(33)31(41-22)43-27-23(19-37-15-7-2)42-30(26(34)29(27)39-17-9-4)40-21-12-10-20(35-5)11-13-21/h6-13,22-34H,1-4,14-19H2,5H3/t22-,23-,24+,25-,26-,27+,28+,29-,30-,31+/m1/s1. The van der Waals surface area contributed by atoms with E-state index in [1.54, 1.807) is 43.5 Å². The SMILES string of the molecule is C=CCOC[C@H]1O[C@@H](O[C@@H]2[C@H](OCC=C)[C@@H](O)[C@H](Oc3ccc(OC)cc3)O[C@@H]2COCC=C)[C@H](O)[C@@H](OCC=C)[C@H]1O. The Bertz CT molecular complexity index is 987. The summed E-state index contributed by atoms with van der Waals surface area (Å²) in [5.74, 6) is 1.05. The molecule has 12 nitrogen and oxygen atoms in total. The van der Waals surface area contributed by atoms with Gasteiger partial charge in [0.1, 0.15) is 60.3 Å². The Morgan fingerprint density at radius 3 is 1.74 bits per heavy atom. The van der Waals surface area contributed by atoms with Crippen molar-refractivity contribution in [3.05, 3.63) is 74.9 Å². The van der Waals surface area contributed by atoms with Crippen LogP contribution < -0.4 is 9.47 Å². The Hall–Kier alpha value is -2.62. The molecule has 3 rings (SSSR count). The highest BCUT2D eigenvalue weighted by Gasteiger charge is 2.52. The van der Waals surface area contributed by atoms with E-state index in [0.717, 1.165) is 0 Å². The Balaban J connectivity index is 1.88. The molecule has 0 aromatic heterocycles. The third-order valence-electron chi connectivity index (χ3n) is 6.71. The first-order chi connectivity index (χ1) is 20.9. The second kappa shape index (κ2) is 18.2. The summed E-state index contributed by atoms with van der Waals surface area (Å²) in [5, 5.41) is 33.5. The fourth-order valence-electron chi connectivity index (χ4n) is 4.67. The highest BCUT2D eigenvalue weighted by molar-refractivity contribution is 5.31. The van der Waals surface area contributed by atoms with Crippen LogP contribution in [-0.4, -0.2) is 123 Å². The number of aliphatic hydroxyl groups excluding tert-OH is 3. The lowest BCUT2D eigenvalue weighted by atomic mass is 9.96. The zero-order valence-corrected chi connectivity index (χ0v) is 24.5. The molecule has 0 spiro atoms. The molecule has 2 aliphatic rings. The zero-order valence-electron chi connectivity index (χ0n) is 24.5. The first-order valence-electron chi connectivity index (χ1n) is 14.0. The van der Waals surface area contributed by atoms with Crippen LogP contribution in [0.15, 0.2) is 74.9 Å². The molecular formula is C31H44O12. The van der Waals surface area contributed by atoms with Crippen LogP contribution in [-0.2, 0) is 33.2 Å². The third kappa shape index (κ3) is 9.68. The van der Waals surface area contributed by atoms with Gasteiger partial charge in [-0.3, -0.25) is 0 Å². The van der Waals surface area contributed by atoms with Gasteiger partial charge in [-0.05, 0) is 24.3 Å². The number of rotatable bonds is 19. The maximum Gasteiger partial charge on any atom is 0.229 e. The molecule has 240 valence electrons. The second-order valence-electron chi connectivity index (χ2n) is 9.78. The Morgan fingerprint density at radius 2 is 1.16 bits per heavy atom. The van der Waals surface area contributed by atoms with Gasteiger partial charge in [0.05, 0.1) is 46.8 Å². The van der Waals surface area contributed by atoms with E-state index in [1.807, 2.05) is 0 Å². The van der Waals surface area contributed by atoms with E-state index in [0.29, 0.717) is 11.5 Å². The Labute approximate surface area is 252 Å². The Morgan fingerprint density at radius 1 is 0.651 bits per heavy atom. The van der Waals surface area contributed by atoms with Gasteiger partial charge in [-0.15, -0.1) is 26.3 Å². The lowest BCUT2D eigenvalue weighted by Crippen LogP contribution is -2.66. The van der Waals surface area contributed by atoms with E-state index in [-0.39, 0.29) is 39.6 Å². The number of benzene rings is 1. The van der Waals surface area contributed by atoms with Crippen molar-refractivity contribution in [3.63, 3.8) is 0 Å². The van der Waals surface area contributed by atoms with Gasteiger partial charge in [-0.1, -0.05) is 24.3 Å². The zero-order chi connectivity index (χ0) is 31.2. The van der Waals surface area contributed by atoms with Gasteiger partial charge in [-0.25, -0.2) is 0 Å². The number of methoxy groups -OCH3 is 1. The number of ether oxygens (including phenoxy) is 9. The molecule has 0 saturated carbocycles. The predicted octanol–water partition coefficient (Wildman–Crippen LogP) is 1.54. The fourth-order valence-corrected chi connectivity index (χ4v) is 4.67. The van der Waals surface area contributed by atoms with Crippen LogP contribution in [0.4, 0.5) is 0 Å². The van der Waals surface area contributed by atoms with Crippen LogP contribution in [0.5, 0.6) is 11.5 Å². The van der Waals surface area contributed by atoms with Gasteiger partial charge in [0.2, 0.25) is 6.29 Å². The van der Waals surface area contributed by atoms with Crippen LogP contribution >= 0.6 is 0 Å². The topological polar surface area (TPSA) is 144 Å². The van der Waals surface area contributed by atoms with Crippen molar-refractivity contribution < 1.29 is 58.0 Å². The summed E-state index contributed by atoms with van der Waals surface area (Å²) in [6, 6.07) is 6.78. The normalized spacial score (nSPS) is 32.5. The van der Waals surface area contributed by atoms with Crippen LogP contribution in [0.2, 0.25) is 0 Å². The van der Waals surface area contributed by atoms with E-state index >= 15 is 0 Å². The quantitative estimate of drug-likeness (QED) is 0.155. The second-order valence-corrected chi connectivity index (χ2v) is 9.78. The van der Waals surface area contributed by atoms with Gasteiger partial charge in [-0.2, -0.15) is 0 Å². The van der Waals surface area contributed by atoms with Crippen molar-refractivity contribution in [3.8, 4) is 11.5 Å². The van der Waals surface area contributed by atoms with Gasteiger partial charge < -0.3 is 58.0 Å². The fraction of sp³-hybridized carbons (Fsp3) is 0.548. The molecule has 2 saturated heterocycles. The predicted molar refractivity (Wildman–Crippen MR) is 156 cm³/mol. The summed E-state index contributed by atoms with van der Waals surface area (Å²) in [6.45, 7) is 15.1. The molecule has 0 bridgehead atoms. The van der Waals surface area contributed by atoms with Crippen molar-refractivity contribution in [1.82, 2.24) is 0 Å². The maximum absolute atomic E-state index is 11.4. The smallest absolute Gasteiger partial charge is 0.229 e. The van der Waals surface area contributed by atoms with Crippen molar-refractivity contribution in [2.75, 3.05) is 46.8 Å². The lowest BCUT2D eigenvalue weighted by molar-refractivity contribution is -0.358. The van der Waals surface area contributed by atoms with E-state index in [2.05, 4.69) is 26.3 Å². The highest BCUT2D eigenvalue weighted by atomic mass is 16.7. The maximum atomic E-state index is 11.4. The molecule has 1 aromatic rings. The molecular weight excluding hydrogens is 564 g/mol. The van der Waals surface area contributed by atoms with Crippen LogP contribution in [0, 0.1) is 0 Å². The van der Waals surface area contributed by atoms with Gasteiger partial charge >= 0.3 is 0 Å². The van der Waals surface area contributed by atoms with E-state index in [1.165, 1.54) is 12.2 Å². The molecule has 0 unspecified atom stereocenters. The molecule has 2 aliphatic heterocycles. The average molecular weight is 609 g/mol. The molecule has 10 atom stereocenters. The molecule has 43 heavy (non-hydrogen) atoms. The molecule has 2 fully saturated rings. The largest absolute Gasteiger partial charge is 0.497 e. The summed E-state index contributed by atoms with van der Waals surface area (Å²) in [6.07, 6.45) is -5.37. The van der Waals surface area contributed by atoms with E-state index < -0.39 is 61.4 Å². The summed E-state index contributed by atoms with van der Waals surface area (Å²) < 4.78 is 52.5. The molecule has 0 radical (unpaired) electrons. The summed E-state index contributed by atoms with van der Waals surface area (Å²) in [5.41, 5.74) is 0. The minimum absolute atomic E-state index is 0.00641. The first-order valence-corrected chi connectivity index (χ1v) is 14.0.